The first-order valence-corrected chi connectivity index (χ1v) is 6.22. The third-order valence-electron chi connectivity index (χ3n) is 2.88. The van der Waals surface area contributed by atoms with Gasteiger partial charge < -0.3 is 10.7 Å². The van der Waals surface area contributed by atoms with Crippen molar-refractivity contribution in [3.8, 4) is 0 Å². The van der Waals surface area contributed by atoms with Gasteiger partial charge >= 0.3 is 0 Å². The minimum atomic E-state index is 0.310. The molecule has 1 aliphatic heterocycles. The van der Waals surface area contributed by atoms with Gasteiger partial charge in [0.25, 0.3) is 0 Å². The van der Waals surface area contributed by atoms with E-state index in [1.54, 1.807) is 0 Å². The Hall–Kier alpha value is -0.480. The second-order valence-electron chi connectivity index (χ2n) is 4.15. The van der Waals surface area contributed by atoms with Crippen LogP contribution in [0.4, 0.5) is 0 Å². The molecule has 78 valence electrons. The van der Waals surface area contributed by atoms with E-state index >= 15 is 0 Å². The molecule has 1 fully saturated rings. The predicted octanol–water partition coefficient (Wildman–Crippen LogP) is 1.31. The van der Waals surface area contributed by atoms with Crippen LogP contribution in [-0.4, -0.2) is 28.0 Å². The Morgan fingerprint density at radius 1 is 1.71 bits per heavy atom. The third-order valence-corrected chi connectivity index (χ3v) is 4.21. The molecule has 0 spiro atoms. The van der Waals surface area contributed by atoms with Crippen LogP contribution in [0.15, 0.2) is 6.20 Å². The van der Waals surface area contributed by atoms with Crippen molar-refractivity contribution in [3.63, 3.8) is 0 Å². The van der Waals surface area contributed by atoms with Crippen molar-refractivity contribution in [2.45, 2.75) is 25.2 Å². The molecule has 0 radical (unpaired) electrons. The van der Waals surface area contributed by atoms with Crippen molar-refractivity contribution in [2.24, 2.45) is 5.73 Å². The van der Waals surface area contributed by atoms with Crippen molar-refractivity contribution >= 4 is 11.8 Å². The zero-order chi connectivity index (χ0) is 10.0. The van der Waals surface area contributed by atoms with Crippen molar-refractivity contribution in [1.82, 2.24) is 9.97 Å². The average molecular weight is 211 g/mol. The van der Waals surface area contributed by atoms with Gasteiger partial charge in [-0.1, -0.05) is 6.92 Å². The van der Waals surface area contributed by atoms with E-state index in [-0.39, 0.29) is 0 Å². The number of imidazole rings is 1. The van der Waals surface area contributed by atoms with Crippen LogP contribution in [-0.2, 0) is 11.8 Å². The first kappa shape index (κ1) is 10.1. The maximum atomic E-state index is 5.49. The molecule has 0 amide bonds. The number of thioether (sulfide) groups is 1. The van der Waals surface area contributed by atoms with Crippen LogP contribution in [0, 0.1) is 0 Å². The summed E-state index contributed by atoms with van der Waals surface area (Å²) in [7, 11) is 0. The molecule has 1 aromatic rings. The van der Waals surface area contributed by atoms with E-state index in [9.17, 15) is 0 Å². The standard InChI is InChI=1S/C10H17N3S/c1-10(3-5-14-7-10)8-6-12-9(13-8)2-4-11/h6H,2-5,7,11H2,1H3,(H,12,13). The Balaban J connectivity index is 2.15. The summed E-state index contributed by atoms with van der Waals surface area (Å²) < 4.78 is 0. The Labute approximate surface area is 88.9 Å². The fraction of sp³-hybridized carbons (Fsp3) is 0.700. The van der Waals surface area contributed by atoms with Crippen LogP contribution in [0.2, 0.25) is 0 Å². The summed E-state index contributed by atoms with van der Waals surface area (Å²) >= 11 is 2.03. The quantitative estimate of drug-likeness (QED) is 0.792. The predicted molar refractivity (Wildman–Crippen MR) is 60.6 cm³/mol. The molecule has 0 aliphatic carbocycles. The number of aromatic nitrogens is 2. The molecule has 4 heteroatoms. The molecule has 1 aromatic heterocycles. The number of nitrogens with zero attached hydrogens (tertiary/aromatic N) is 1. The monoisotopic (exact) mass is 211 g/mol. The SMILES string of the molecule is CC1(c2cnc(CCN)[nH]2)CCSC1. The number of aromatic amines is 1. The van der Waals surface area contributed by atoms with E-state index in [0.29, 0.717) is 12.0 Å². The summed E-state index contributed by atoms with van der Waals surface area (Å²) in [5.41, 5.74) is 7.09. The molecule has 1 saturated heterocycles. The molecule has 3 nitrogen and oxygen atoms in total. The number of hydrogen-bond acceptors (Lipinski definition) is 3. The van der Waals surface area contributed by atoms with Gasteiger partial charge in [0.2, 0.25) is 0 Å². The van der Waals surface area contributed by atoms with Crippen molar-refractivity contribution in [2.75, 3.05) is 18.1 Å². The maximum Gasteiger partial charge on any atom is 0.107 e. The topological polar surface area (TPSA) is 54.7 Å². The molecular formula is C10H17N3S. The number of nitrogens with one attached hydrogen (secondary N) is 1. The highest BCUT2D eigenvalue weighted by Gasteiger charge is 2.32. The Morgan fingerprint density at radius 3 is 3.21 bits per heavy atom. The largest absolute Gasteiger partial charge is 0.345 e. The van der Waals surface area contributed by atoms with Gasteiger partial charge in [-0.05, 0) is 18.7 Å². The second kappa shape index (κ2) is 3.95. The van der Waals surface area contributed by atoms with Crippen LogP contribution >= 0.6 is 11.8 Å². The summed E-state index contributed by atoms with van der Waals surface area (Å²) in [6.07, 6.45) is 4.09. The molecule has 0 bridgehead atoms. The number of nitrogens with two attached hydrogens (primary N) is 1. The van der Waals surface area contributed by atoms with E-state index in [2.05, 4.69) is 16.9 Å². The summed E-state index contributed by atoms with van der Waals surface area (Å²) in [4.78, 5) is 7.74. The highest BCUT2D eigenvalue weighted by molar-refractivity contribution is 7.99. The van der Waals surface area contributed by atoms with E-state index < -0.39 is 0 Å². The highest BCUT2D eigenvalue weighted by atomic mass is 32.2. The second-order valence-corrected chi connectivity index (χ2v) is 5.25. The number of hydrogen-bond donors (Lipinski definition) is 2. The van der Waals surface area contributed by atoms with E-state index in [4.69, 9.17) is 5.73 Å². The minimum Gasteiger partial charge on any atom is -0.345 e. The van der Waals surface area contributed by atoms with Gasteiger partial charge in [0.05, 0.1) is 0 Å². The normalized spacial score (nSPS) is 27.0. The zero-order valence-corrected chi connectivity index (χ0v) is 9.36. The molecule has 2 heterocycles. The molecule has 0 aromatic carbocycles. The number of rotatable bonds is 3. The first-order valence-electron chi connectivity index (χ1n) is 5.07. The molecule has 14 heavy (non-hydrogen) atoms. The lowest BCUT2D eigenvalue weighted by Gasteiger charge is -2.20. The van der Waals surface area contributed by atoms with Crippen molar-refractivity contribution < 1.29 is 0 Å². The lowest BCUT2D eigenvalue weighted by atomic mass is 9.87. The van der Waals surface area contributed by atoms with Crippen molar-refractivity contribution in [3.05, 3.63) is 17.7 Å². The minimum absolute atomic E-state index is 0.310. The van der Waals surface area contributed by atoms with Gasteiger partial charge in [-0.25, -0.2) is 4.98 Å². The lowest BCUT2D eigenvalue weighted by Crippen LogP contribution is -2.21. The fourth-order valence-corrected chi connectivity index (χ4v) is 3.30. The fourth-order valence-electron chi connectivity index (χ4n) is 1.81. The van der Waals surface area contributed by atoms with Gasteiger partial charge in [-0.15, -0.1) is 0 Å². The van der Waals surface area contributed by atoms with Gasteiger partial charge in [0.1, 0.15) is 5.82 Å². The molecule has 2 rings (SSSR count). The molecular weight excluding hydrogens is 194 g/mol. The lowest BCUT2D eigenvalue weighted by molar-refractivity contribution is 0.525. The Morgan fingerprint density at radius 2 is 2.57 bits per heavy atom. The highest BCUT2D eigenvalue weighted by Crippen LogP contribution is 2.37. The van der Waals surface area contributed by atoms with Crippen molar-refractivity contribution in [1.29, 1.82) is 0 Å². The van der Waals surface area contributed by atoms with Crippen LogP contribution < -0.4 is 5.73 Å². The average Bonchev–Trinajstić information content (AvgIpc) is 2.75. The molecule has 1 aliphatic rings. The maximum absolute atomic E-state index is 5.49. The van der Waals surface area contributed by atoms with Crippen LogP contribution in [0.1, 0.15) is 24.9 Å². The van der Waals surface area contributed by atoms with Crippen LogP contribution in [0.25, 0.3) is 0 Å². The third kappa shape index (κ3) is 1.81. The molecule has 1 unspecified atom stereocenters. The molecule has 0 saturated carbocycles. The molecule has 1 atom stereocenters. The first-order chi connectivity index (χ1) is 6.74. The van der Waals surface area contributed by atoms with Crippen LogP contribution in [0.3, 0.4) is 0 Å². The summed E-state index contributed by atoms with van der Waals surface area (Å²) in [6.45, 7) is 2.98. The van der Waals surface area contributed by atoms with E-state index in [1.165, 1.54) is 23.6 Å². The Kier molecular flexibility index (Phi) is 2.83. The summed E-state index contributed by atoms with van der Waals surface area (Å²) in [5, 5.41) is 0. The van der Waals surface area contributed by atoms with E-state index in [0.717, 1.165) is 12.2 Å². The summed E-state index contributed by atoms with van der Waals surface area (Å²) in [6, 6.07) is 0. The zero-order valence-electron chi connectivity index (χ0n) is 8.55. The molecule has 3 N–H and O–H groups in total. The summed E-state index contributed by atoms with van der Waals surface area (Å²) in [5.74, 6) is 3.50. The number of H-pyrrole nitrogens is 1. The van der Waals surface area contributed by atoms with Gasteiger partial charge in [-0.2, -0.15) is 11.8 Å². The van der Waals surface area contributed by atoms with E-state index in [1.807, 2.05) is 18.0 Å². The smallest absolute Gasteiger partial charge is 0.107 e. The Bertz CT molecular complexity index is 302. The van der Waals surface area contributed by atoms with Gasteiger partial charge in [-0.3, -0.25) is 0 Å². The van der Waals surface area contributed by atoms with Gasteiger partial charge in [0.15, 0.2) is 0 Å². The van der Waals surface area contributed by atoms with Gasteiger partial charge in [0, 0.05) is 29.5 Å². The van der Waals surface area contributed by atoms with Crippen LogP contribution in [0.5, 0.6) is 0 Å².